The number of benzene rings is 1. The highest BCUT2D eigenvalue weighted by Crippen LogP contribution is 2.25. The van der Waals surface area contributed by atoms with Crippen molar-refractivity contribution < 1.29 is 9.59 Å². The number of hydrogen-bond acceptors (Lipinski definition) is 4. The Kier molecular flexibility index (Phi) is 4.96. The fourth-order valence-electron chi connectivity index (χ4n) is 2.54. The number of nitrogens with one attached hydrogen (secondary N) is 2. The van der Waals surface area contributed by atoms with Gasteiger partial charge in [0.15, 0.2) is 0 Å². The number of carbonyl (C=O) groups excluding carboxylic acids is 2. The molecule has 5 nitrogen and oxygen atoms in total. The number of piperazine rings is 1. The van der Waals surface area contributed by atoms with Crippen LogP contribution in [-0.2, 0) is 16.1 Å². The summed E-state index contributed by atoms with van der Waals surface area (Å²) in [5, 5.41) is 5.76. The van der Waals surface area contributed by atoms with Gasteiger partial charge in [0, 0.05) is 12.2 Å². The smallest absolute Gasteiger partial charge is 0.249 e. The second kappa shape index (κ2) is 6.72. The van der Waals surface area contributed by atoms with Crippen molar-refractivity contribution in [3.05, 3.63) is 29.3 Å². The van der Waals surface area contributed by atoms with E-state index in [0.717, 1.165) is 30.8 Å². The van der Waals surface area contributed by atoms with Gasteiger partial charge in [0.25, 0.3) is 0 Å². The molecule has 0 aromatic heterocycles. The van der Waals surface area contributed by atoms with Crippen molar-refractivity contribution in [1.29, 1.82) is 0 Å². The quantitative estimate of drug-likeness (QED) is 0.634. The predicted octanol–water partition coefficient (Wildman–Crippen LogP) is 1.35. The molecule has 1 aliphatic rings. The number of nitrogens with zero attached hydrogens (tertiary/aromatic N) is 1. The highest BCUT2D eigenvalue weighted by molar-refractivity contribution is 6.04. The second-order valence-electron chi connectivity index (χ2n) is 5.53. The second-order valence-corrected chi connectivity index (χ2v) is 5.53. The molecule has 0 spiro atoms. The van der Waals surface area contributed by atoms with Crippen molar-refractivity contribution in [2.45, 2.75) is 39.8 Å². The molecule has 2 rings (SSSR count). The normalized spacial score (nSPS) is 18.8. The van der Waals surface area contributed by atoms with Gasteiger partial charge in [-0.3, -0.25) is 14.9 Å². The first-order chi connectivity index (χ1) is 10.0. The van der Waals surface area contributed by atoms with E-state index in [9.17, 15) is 9.59 Å². The van der Waals surface area contributed by atoms with Crippen LogP contribution in [0.15, 0.2) is 18.2 Å². The highest BCUT2D eigenvalue weighted by Gasteiger charge is 2.31. The minimum absolute atomic E-state index is 0.219. The fraction of sp³-hybridized carbons (Fsp3) is 0.500. The standard InChI is InChI=1S/C16H23N3O2/c1-4-7-17-9-13-8-11(2)5-6-14(13)19-10-15(20)18-16(21)12(19)3/h5-6,8,12,17H,4,7,9-10H2,1-3H3,(H,18,20,21). The molecule has 0 saturated carbocycles. The first-order valence-electron chi connectivity index (χ1n) is 7.43. The Labute approximate surface area is 125 Å². The van der Waals surface area contributed by atoms with Gasteiger partial charge in [-0.15, -0.1) is 0 Å². The molecule has 0 radical (unpaired) electrons. The molecule has 1 heterocycles. The lowest BCUT2D eigenvalue weighted by atomic mass is 10.1. The Morgan fingerprint density at radius 3 is 2.86 bits per heavy atom. The molecule has 1 fully saturated rings. The topological polar surface area (TPSA) is 61.4 Å². The Morgan fingerprint density at radius 1 is 1.38 bits per heavy atom. The lowest BCUT2D eigenvalue weighted by molar-refractivity contribution is -0.132. The van der Waals surface area contributed by atoms with Crippen molar-refractivity contribution >= 4 is 17.5 Å². The van der Waals surface area contributed by atoms with Crippen LogP contribution in [0.1, 0.15) is 31.4 Å². The molecule has 1 atom stereocenters. The van der Waals surface area contributed by atoms with Crippen LogP contribution in [0.2, 0.25) is 0 Å². The molecule has 1 aromatic carbocycles. The van der Waals surface area contributed by atoms with Crippen LogP contribution in [-0.4, -0.2) is 30.9 Å². The van der Waals surface area contributed by atoms with Gasteiger partial charge in [0.2, 0.25) is 11.8 Å². The third-order valence-corrected chi connectivity index (χ3v) is 3.71. The van der Waals surface area contributed by atoms with Crippen LogP contribution >= 0.6 is 0 Å². The van der Waals surface area contributed by atoms with Crippen LogP contribution in [0.5, 0.6) is 0 Å². The summed E-state index contributed by atoms with van der Waals surface area (Å²) in [5.41, 5.74) is 3.25. The molecule has 2 amide bonds. The van der Waals surface area contributed by atoms with E-state index in [1.807, 2.05) is 30.9 Å². The van der Waals surface area contributed by atoms with E-state index in [4.69, 9.17) is 0 Å². The van der Waals surface area contributed by atoms with E-state index < -0.39 is 0 Å². The Bertz CT molecular complexity index is 542. The van der Waals surface area contributed by atoms with Crippen molar-refractivity contribution in [1.82, 2.24) is 10.6 Å². The maximum atomic E-state index is 11.8. The van der Waals surface area contributed by atoms with Gasteiger partial charge >= 0.3 is 0 Å². The molecule has 1 saturated heterocycles. The fourth-order valence-corrected chi connectivity index (χ4v) is 2.54. The molecule has 1 aliphatic heterocycles. The zero-order chi connectivity index (χ0) is 15.4. The molecule has 21 heavy (non-hydrogen) atoms. The van der Waals surface area contributed by atoms with Gasteiger partial charge in [-0.1, -0.05) is 24.6 Å². The summed E-state index contributed by atoms with van der Waals surface area (Å²) in [6.07, 6.45) is 1.07. The molecular weight excluding hydrogens is 266 g/mol. The number of hydrogen-bond donors (Lipinski definition) is 2. The largest absolute Gasteiger partial charge is 0.350 e. The molecule has 0 bridgehead atoms. The molecule has 5 heteroatoms. The van der Waals surface area contributed by atoms with Gasteiger partial charge in [-0.25, -0.2) is 0 Å². The Morgan fingerprint density at radius 2 is 2.14 bits per heavy atom. The van der Waals surface area contributed by atoms with Crippen molar-refractivity contribution in [3.63, 3.8) is 0 Å². The summed E-state index contributed by atoms with van der Waals surface area (Å²) >= 11 is 0. The third-order valence-electron chi connectivity index (χ3n) is 3.71. The van der Waals surface area contributed by atoms with Crippen LogP contribution in [0, 0.1) is 6.92 Å². The van der Waals surface area contributed by atoms with Crippen molar-refractivity contribution in [3.8, 4) is 0 Å². The van der Waals surface area contributed by atoms with Gasteiger partial charge in [-0.2, -0.15) is 0 Å². The van der Waals surface area contributed by atoms with Crippen LogP contribution in [0.3, 0.4) is 0 Å². The zero-order valence-corrected chi connectivity index (χ0v) is 12.9. The summed E-state index contributed by atoms with van der Waals surface area (Å²) < 4.78 is 0. The summed E-state index contributed by atoms with van der Waals surface area (Å²) in [7, 11) is 0. The molecule has 114 valence electrons. The van der Waals surface area contributed by atoms with Gasteiger partial charge in [0.1, 0.15) is 6.04 Å². The molecule has 2 N–H and O–H groups in total. The first-order valence-corrected chi connectivity index (χ1v) is 7.43. The summed E-state index contributed by atoms with van der Waals surface area (Å²) in [6.45, 7) is 7.90. The van der Waals surface area contributed by atoms with Gasteiger partial charge in [0.05, 0.1) is 6.54 Å². The van der Waals surface area contributed by atoms with Gasteiger partial charge < -0.3 is 10.2 Å². The van der Waals surface area contributed by atoms with E-state index in [0.29, 0.717) is 0 Å². The number of carbonyl (C=O) groups is 2. The number of rotatable bonds is 5. The third kappa shape index (κ3) is 3.61. The minimum Gasteiger partial charge on any atom is -0.350 e. The van der Waals surface area contributed by atoms with E-state index in [1.54, 1.807) is 0 Å². The van der Waals surface area contributed by atoms with Crippen LogP contribution < -0.4 is 15.5 Å². The number of anilines is 1. The van der Waals surface area contributed by atoms with Crippen molar-refractivity contribution in [2.24, 2.45) is 0 Å². The average Bonchev–Trinajstić information content (AvgIpc) is 2.44. The zero-order valence-electron chi connectivity index (χ0n) is 12.9. The average molecular weight is 289 g/mol. The van der Waals surface area contributed by atoms with E-state index in [1.165, 1.54) is 5.56 Å². The van der Waals surface area contributed by atoms with Crippen LogP contribution in [0.4, 0.5) is 5.69 Å². The highest BCUT2D eigenvalue weighted by atomic mass is 16.2. The maximum absolute atomic E-state index is 11.8. The Balaban J connectivity index is 2.28. The first kappa shape index (κ1) is 15.5. The van der Waals surface area contributed by atoms with E-state index in [-0.39, 0.29) is 24.4 Å². The SMILES string of the molecule is CCCNCc1cc(C)ccc1N1CC(=O)NC(=O)C1C. The summed E-state index contributed by atoms with van der Waals surface area (Å²) in [4.78, 5) is 25.4. The molecule has 0 aliphatic carbocycles. The number of imide groups is 1. The summed E-state index contributed by atoms with van der Waals surface area (Å²) in [6, 6.07) is 5.79. The minimum atomic E-state index is -0.338. The van der Waals surface area contributed by atoms with Crippen LogP contribution in [0.25, 0.3) is 0 Å². The maximum Gasteiger partial charge on any atom is 0.249 e. The Hall–Kier alpha value is -1.88. The summed E-state index contributed by atoms with van der Waals surface area (Å²) in [5.74, 6) is -0.481. The van der Waals surface area contributed by atoms with Crippen molar-refractivity contribution in [2.75, 3.05) is 18.0 Å². The van der Waals surface area contributed by atoms with E-state index in [2.05, 4.69) is 23.6 Å². The predicted molar refractivity (Wildman–Crippen MR) is 83.1 cm³/mol. The number of aryl methyl sites for hydroxylation is 1. The molecule has 1 unspecified atom stereocenters. The monoisotopic (exact) mass is 289 g/mol. The molecule has 1 aromatic rings. The number of amides is 2. The molecular formula is C16H23N3O2. The van der Waals surface area contributed by atoms with Gasteiger partial charge in [-0.05, 0) is 38.4 Å². The van der Waals surface area contributed by atoms with E-state index >= 15 is 0 Å². The lowest BCUT2D eigenvalue weighted by Crippen LogP contribution is -2.57. The lowest BCUT2D eigenvalue weighted by Gasteiger charge is -2.35.